The molecule has 0 spiro atoms. The zero-order valence-electron chi connectivity index (χ0n) is 8.27. The van der Waals surface area contributed by atoms with Crippen molar-refractivity contribution < 1.29 is 14.9 Å². The molecule has 1 atom stereocenters. The second-order valence-corrected chi connectivity index (χ2v) is 2.97. The van der Waals surface area contributed by atoms with Crippen molar-refractivity contribution >= 4 is 0 Å². The molecular weight excluding hydrogens is 194 g/mol. The highest BCUT2D eigenvalue weighted by atomic mass is 16.5. The van der Waals surface area contributed by atoms with Crippen LogP contribution in [-0.2, 0) is 0 Å². The lowest BCUT2D eigenvalue weighted by Crippen LogP contribution is -1.99. The van der Waals surface area contributed by atoms with Crippen LogP contribution in [0.25, 0.3) is 0 Å². The van der Waals surface area contributed by atoms with Crippen LogP contribution in [0.5, 0.6) is 11.5 Å². The number of phenolic OH excluding ortho intramolecular Hbond substituents is 1. The molecule has 1 aromatic carbocycles. The van der Waals surface area contributed by atoms with Crippen molar-refractivity contribution in [3.05, 3.63) is 35.9 Å². The van der Waals surface area contributed by atoms with Crippen LogP contribution in [0.4, 0.5) is 0 Å². The van der Waals surface area contributed by atoms with E-state index in [1.807, 2.05) is 0 Å². The first kappa shape index (κ1) is 11.1. The highest BCUT2D eigenvalue weighted by Gasteiger charge is 2.13. The number of aliphatic hydroxyl groups is 1. The van der Waals surface area contributed by atoms with Crippen molar-refractivity contribution in [3.63, 3.8) is 0 Å². The standard InChI is InChI=1S/C11H11NO3/c1-7(6-12)11(14)8-3-4-9(13)10(5-8)15-2/h3-5,11,13-14H,1H2,2H3. The van der Waals surface area contributed by atoms with Crippen LogP contribution in [0.2, 0.25) is 0 Å². The van der Waals surface area contributed by atoms with Crippen molar-refractivity contribution in [3.8, 4) is 17.6 Å². The SMILES string of the molecule is C=C(C#N)C(O)c1ccc(O)c(OC)c1. The van der Waals surface area contributed by atoms with Crippen molar-refractivity contribution in [2.75, 3.05) is 7.11 Å². The predicted octanol–water partition coefficient (Wildman–Crippen LogP) is 1.51. The number of methoxy groups -OCH3 is 1. The van der Waals surface area contributed by atoms with Gasteiger partial charge in [-0.05, 0) is 17.7 Å². The van der Waals surface area contributed by atoms with Crippen LogP contribution in [0, 0.1) is 11.3 Å². The van der Waals surface area contributed by atoms with Gasteiger partial charge < -0.3 is 14.9 Å². The maximum atomic E-state index is 9.64. The minimum absolute atomic E-state index is 0.0176. The van der Waals surface area contributed by atoms with E-state index in [-0.39, 0.29) is 17.1 Å². The van der Waals surface area contributed by atoms with Gasteiger partial charge in [0, 0.05) is 0 Å². The molecule has 0 aliphatic rings. The van der Waals surface area contributed by atoms with Gasteiger partial charge in [0.25, 0.3) is 0 Å². The zero-order valence-corrected chi connectivity index (χ0v) is 8.27. The summed E-state index contributed by atoms with van der Waals surface area (Å²) in [6, 6.07) is 6.12. The van der Waals surface area contributed by atoms with E-state index in [0.29, 0.717) is 5.56 Å². The Morgan fingerprint density at radius 1 is 1.60 bits per heavy atom. The fraction of sp³-hybridized carbons (Fsp3) is 0.182. The summed E-state index contributed by atoms with van der Waals surface area (Å²) in [5.41, 5.74) is 0.499. The Labute approximate surface area is 87.7 Å². The summed E-state index contributed by atoms with van der Waals surface area (Å²) < 4.78 is 4.88. The summed E-state index contributed by atoms with van der Waals surface area (Å²) in [6.45, 7) is 3.41. The number of phenols is 1. The average molecular weight is 205 g/mol. The van der Waals surface area contributed by atoms with Crippen LogP contribution >= 0.6 is 0 Å². The third kappa shape index (κ3) is 2.27. The number of ether oxygens (including phenoxy) is 1. The summed E-state index contributed by atoms with van der Waals surface area (Å²) in [7, 11) is 1.41. The van der Waals surface area contributed by atoms with Crippen molar-refractivity contribution in [1.82, 2.24) is 0 Å². The van der Waals surface area contributed by atoms with Gasteiger partial charge >= 0.3 is 0 Å². The van der Waals surface area contributed by atoms with Crippen LogP contribution in [0.1, 0.15) is 11.7 Å². The van der Waals surface area contributed by atoms with E-state index in [1.165, 1.54) is 25.3 Å². The predicted molar refractivity (Wildman–Crippen MR) is 54.4 cm³/mol. The molecule has 1 aromatic rings. The molecule has 0 amide bonds. The van der Waals surface area contributed by atoms with Crippen LogP contribution < -0.4 is 4.74 Å². The molecule has 0 radical (unpaired) electrons. The van der Waals surface area contributed by atoms with Crippen molar-refractivity contribution in [2.45, 2.75) is 6.10 Å². The lowest BCUT2D eigenvalue weighted by molar-refractivity contribution is 0.220. The Morgan fingerprint density at radius 3 is 2.80 bits per heavy atom. The maximum Gasteiger partial charge on any atom is 0.160 e. The van der Waals surface area contributed by atoms with Gasteiger partial charge in [0.1, 0.15) is 6.10 Å². The molecular formula is C11H11NO3. The number of hydrogen-bond donors (Lipinski definition) is 2. The molecule has 0 aromatic heterocycles. The summed E-state index contributed by atoms with van der Waals surface area (Å²) in [6.07, 6.45) is -1.07. The Hall–Kier alpha value is -1.99. The quantitative estimate of drug-likeness (QED) is 0.733. The minimum atomic E-state index is -1.07. The fourth-order valence-electron chi connectivity index (χ4n) is 1.13. The Balaban J connectivity index is 3.07. The molecule has 15 heavy (non-hydrogen) atoms. The van der Waals surface area contributed by atoms with E-state index in [9.17, 15) is 10.2 Å². The smallest absolute Gasteiger partial charge is 0.160 e. The van der Waals surface area contributed by atoms with Gasteiger partial charge in [-0.25, -0.2) is 0 Å². The second-order valence-electron chi connectivity index (χ2n) is 2.97. The van der Waals surface area contributed by atoms with E-state index in [1.54, 1.807) is 6.07 Å². The van der Waals surface area contributed by atoms with E-state index >= 15 is 0 Å². The molecule has 0 saturated carbocycles. The van der Waals surface area contributed by atoms with E-state index in [0.717, 1.165) is 0 Å². The summed E-state index contributed by atoms with van der Waals surface area (Å²) in [5, 5.41) is 27.5. The molecule has 1 rings (SSSR count). The first-order valence-electron chi connectivity index (χ1n) is 4.24. The van der Waals surface area contributed by atoms with Crippen molar-refractivity contribution in [1.29, 1.82) is 5.26 Å². The fourth-order valence-corrected chi connectivity index (χ4v) is 1.13. The highest BCUT2D eigenvalue weighted by molar-refractivity contribution is 5.44. The summed E-state index contributed by atoms with van der Waals surface area (Å²) in [5.74, 6) is 0.230. The van der Waals surface area contributed by atoms with Gasteiger partial charge in [-0.15, -0.1) is 0 Å². The van der Waals surface area contributed by atoms with Gasteiger partial charge in [0.2, 0.25) is 0 Å². The molecule has 0 saturated heterocycles. The van der Waals surface area contributed by atoms with Gasteiger partial charge in [0.15, 0.2) is 11.5 Å². The molecule has 0 bridgehead atoms. The maximum absolute atomic E-state index is 9.64. The average Bonchev–Trinajstić information content (AvgIpc) is 2.27. The van der Waals surface area contributed by atoms with Gasteiger partial charge in [-0.1, -0.05) is 12.6 Å². The summed E-state index contributed by atoms with van der Waals surface area (Å²) >= 11 is 0. The zero-order chi connectivity index (χ0) is 11.4. The first-order valence-corrected chi connectivity index (χ1v) is 4.24. The monoisotopic (exact) mass is 205 g/mol. The first-order chi connectivity index (χ1) is 7.10. The van der Waals surface area contributed by atoms with Gasteiger partial charge in [-0.3, -0.25) is 0 Å². The molecule has 0 aliphatic heterocycles. The number of hydrogen-bond acceptors (Lipinski definition) is 4. The lowest BCUT2D eigenvalue weighted by Gasteiger charge is -2.11. The normalized spacial score (nSPS) is 11.5. The highest BCUT2D eigenvalue weighted by Crippen LogP contribution is 2.30. The number of aliphatic hydroxyl groups excluding tert-OH is 1. The van der Waals surface area contributed by atoms with Gasteiger partial charge in [-0.2, -0.15) is 5.26 Å². The number of benzene rings is 1. The third-order valence-corrected chi connectivity index (χ3v) is 1.99. The summed E-state index contributed by atoms with van der Waals surface area (Å²) in [4.78, 5) is 0. The second kappa shape index (κ2) is 4.49. The number of nitrogens with zero attached hydrogens (tertiary/aromatic N) is 1. The van der Waals surface area contributed by atoms with Crippen LogP contribution in [0.3, 0.4) is 0 Å². The Kier molecular flexibility index (Phi) is 3.32. The van der Waals surface area contributed by atoms with E-state index in [4.69, 9.17) is 10.00 Å². The van der Waals surface area contributed by atoms with Crippen LogP contribution in [-0.4, -0.2) is 17.3 Å². The number of aromatic hydroxyl groups is 1. The Morgan fingerprint density at radius 2 is 2.27 bits per heavy atom. The third-order valence-electron chi connectivity index (χ3n) is 1.99. The van der Waals surface area contributed by atoms with E-state index < -0.39 is 6.10 Å². The molecule has 0 aliphatic carbocycles. The molecule has 1 unspecified atom stereocenters. The van der Waals surface area contributed by atoms with Gasteiger partial charge in [0.05, 0.1) is 18.8 Å². The molecule has 4 nitrogen and oxygen atoms in total. The lowest BCUT2D eigenvalue weighted by atomic mass is 10.0. The number of nitriles is 1. The number of rotatable bonds is 3. The Bertz CT molecular complexity index is 420. The minimum Gasteiger partial charge on any atom is -0.504 e. The molecule has 0 heterocycles. The van der Waals surface area contributed by atoms with E-state index in [2.05, 4.69) is 6.58 Å². The van der Waals surface area contributed by atoms with Crippen molar-refractivity contribution in [2.24, 2.45) is 0 Å². The largest absolute Gasteiger partial charge is 0.504 e. The molecule has 78 valence electrons. The molecule has 4 heteroatoms. The molecule has 2 N–H and O–H groups in total. The topological polar surface area (TPSA) is 73.5 Å². The van der Waals surface area contributed by atoms with Crippen LogP contribution in [0.15, 0.2) is 30.4 Å². The molecule has 0 fully saturated rings.